The smallest absolute Gasteiger partial charge is 0.202 e. The molecule has 164 valence electrons. The number of fused-ring (bicyclic) bond motifs is 1. The molecule has 0 aliphatic carbocycles. The van der Waals surface area contributed by atoms with Gasteiger partial charge in [0.1, 0.15) is 38.5 Å². The van der Waals surface area contributed by atoms with Crippen molar-refractivity contribution in [3.05, 3.63) is 33.9 Å². The number of nitrogens with zero attached hydrogens (tertiary/aromatic N) is 3. The van der Waals surface area contributed by atoms with Gasteiger partial charge in [-0.2, -0.15) is 9.78 Å². The van der Waals surface area contributed by atoms with Crippen LogP contribution in [0, 0.1) is 11.7 Å². The second-order valence-corrected chi connectivity index (χ2v) is 8.99. The van der Waals surface area contributed by atoms with Crippen molar-refractivity contribution < 1.29 is 19.3 Å². The van der Waals surface area contributed by atoms with Crippen LogP contribution in [0.3, 0.4) is 0 Å². The Bertz CT molecular complexity index is 930. The zero-order chi connectivity index (χ0) is 21.1. The number of quaternary nitrogens is 2. The molecule has 0 atom stereocenters. The molecule has 7 nitrogen and oxygen atoms in total. The molecule has 30 heavy (non-hydrogen) atoms. The summed E-state index contributed by atoms with van der Waals surface area (Å²) in [5.74, 6) is 2.80. The molecule has 0 amide bonds. The Labute approximate surface area is 184 Å². The average molecular weight is 434 g/mol. The van der Waals surface area contributed by atoms with Gasteiger partial charge in [0, 0.05) is 18.5 Å². The fraction of sp³-hybridized carbons (Fsp3) is 0.636. The molecule has 1 saturated heterocycles. The van der Waals surface area contributed by atoms with Gasteiger partial charge in [-0.3, -0.25) is 0 Å². The number of hydrogen-bond acceptors (Lipinski definition) is 4. The minimum absolute atomic E-state index is 0.804. The lowest BCUT2D eigenvalue weighted by atomic mass is 10.1. The van der Waals surface area contributed by atoms with Crippen LogP contribution in [0.4, 0.5) is 0 Å². The van der Waals surface area contributed by atoms with Gasteiger partial charge < -0.3 is 23.8 Å². The maximum Gasteiger partial charge on any atom is 0.202 e. The van der Waals surface area contributed by atoms with E-state index in [0.717, 1.165) is 68.6 Å². The van der Waals surface area contributed by atoms with E-state index in [1.54, 1.807) is 24.0 Å². The number of hydrogen-bond donors (Lipinski definition) is 2. The zero-order valence-corrected chi connectivity index (χ0v) is 19.3. The first-order chi connectivity index (χ1) is 14.6. The summed E-state index contributed by atoms with van der Waals surface area (Å²) in [4.78, 5) is 3.20. The highest BCUT2D eigenvalue weighted by atomic mass is 32.1. The first-order valence-corrected chi connectivity index (χ1v) is 11.5. The third-order valence-electron chi connectivity index (χ3n) is 6.60. The van der Waals surface area contributed by atoms with Gasteiger partial charge >= 0.3 is 0 Å². The fourth-order valence-corrected chi connectivity index (χ4v) is 5.02. The Morgan fingerprint density at radius 2 is 1.70 bits per heavy atom. The molecule has 8 heteroatoms. The molecular formula is C22H35N5O2S+2. The summed E-state index contributed by atoms with van der Waals surface area (Å²) in [5, 5.41) is 4.86. The monoisotopic (exact) mass is 433 g/mol. The normalized spacial score (nSPS) is 21.7. The van der Waals surface area contributed by atoms with Crippen molar-refractivity contribution >= 4 is 12.2 Å². The average Bonchev–Trinajstić information content (AvgIpc) is 2.92. The summed E-state index contributed by atoms with van der Waals surface area (Å²) in [5.41, 5.74) is 2.60. The predicted octanol–water partition coefficient (Wildman–Crippen LogP) is 0.407. The second kappa shape index (κ2) is 9.49. The van der Waals surface area contributed by atoms with Crippen LogP contribution < -0.4 is 19.3 Å². The molecule has 0 radical (unpaired) electrons. The van der Waals surface area contributed by atoms with E-state index in [0.29, 0.717) is 0 Å². The van der Waals surface area contributed by atoms with E-state index in [4.69, 9.17) is 26.8 Å². The standard InChI is InChI=1S/C22H33N5O2S/c1-17-13-19(28-2)20(29-3)14-18(17)15-24-9-11-25(12-10-24)16-27-22(30)26-8-6-4-5-7-21(26)23-27/h13-14H,4-12,15-16H2,1-3H3/p+2. The van der Waals surface area contributed by atoms with E-state index in [-0.39, 0.29) is 0 Å². The van der Waals surface area contributed by atoms with Crippen molar-refractivity contribution in [1.29, 1.82) is 0 Å². The molecule has 1 aromatic heterocycles. The molecule has 2 N–H and O–H groups in total. The van der Waals surface area contributed by atoms with Gasteiger partial charge in [0.15, 0.2) is 18.2 Å². The van der Waals surface area contributed by atoms with Crippen molar-refractivity contribution in [2.24, 2.45) is 0 Å². The zero-order valence-electron chi connectivity index (χ0n) is 18.5. The molecule has 0 spiro atoms. The lowest BCUT2D eigenvalue weighted by Gasteiger charge is -2.30. The van der Waals surface area contributed by atoms with Gasteiger partial charge in [0.2, 0.25) is 4.77 Å². The third-order valence-corrected chi connectivity index (χ3v) is 7.03. The summed E-state index contributed by atoms with van der Waals surface area (Å²) in [7, 11) is 3.39. The minimum atomic E-state index is 0.804. The maximum atomic E-state index is 5.73. The second-order valence-electron chi connectivity index (χ2n) is 8.63. The SMILES string of the molecule is COc1cc(C)c(C[NH+]2CC[NH+](Cn3nc4n(c3=S)CCCCC4)CC2)cc1OC. The third kappa shape index (κ3) is 4.55. The summed E-state index contributed by atoms with van der Waals surface area (Å²) in [6.45, 7) is 9.71. The largest absolute Gasteiger partial charge is 0.493 e. The number of methoxy groups -OCH3 is 2. The minimum Gasteiger partial charge on any atom is -0.493 e. The number of benzene rings is 1. The lowest BCUT2D eigenvalue weighted by Crippen LogP contribution is -3.27. The van der Waals surface area contributed by atoms with Crippen molar-refractivity contribution in [2.75, 3.05) is 40.4 Å². The Morgan fingerprint density at radius 1 is 1.00 bits per heavy atom. The molecule has 4 rings (SSSR count). The molecule has 0 bridgehead atoms. The van der Waals surface area contributed by atoms with Gasteiger partial charge in [-0.25, -0.2) is 0 Å². The number of rotatable bonds is 6. The van der Waals surface area contributed by atoms with Gasteiger partial charge in [0.25, 0.3) is 0 Å². The van der Waals surface area contributed by atoms with Crippen molar-refractivity contribution in [1.82, 2.24) is 14.3 Å². The highest BCUT2D eigenvalue weighted by molar-refractivity contribution is 7.71. The van der Waals surface area contributed by atoms with E-state index in [1.807, 2.05) is 0 Å². The van der Waals surface area contributed by atoms with Gasteiger partial charge in [-0.15, -0.1) is 0 Å². The Kier molecular flexibility index (Phi) is 6.75. The number of ether oxygens (including phenoxy) is 2. The van der Waals surface area contributed by atoms with Crippen molar-refractivity contribution in [3.63, 3.8) is 0 Å². The first-order valence-electron chi connectivity index (χ1n) is 11.1. The first kappa shape index (κ1) is 21.3. The van der Waals surface area contributed by atoms with Crippen LogP contribution in [0.25, 0.3) is 0 Å². The molecule has 1 aromatic carbocycles. The van der Waals surface area contributed by atoms with Crippen LogP contribution in [0.15, 0.2) is 12.1 Å². The summed E-state index contributed by atoms with van der Waals surface area (Å²) in [6, 6.07) is 4.22. The Hall–Kier alpha value is -1.90. The quantitative estimate of drug-likeness (QED) is 0.648. The van der Waals surface area contributed by atoms with Crippen LogP contribution in [0.1, 0.15) is 36.2 Å². The van der Waals surface area contributed by atoms with Crippen LogP contribution in [-0.2, 0) is 26.2 Å². The van der Waals surface area contributed by atoms with Crippen molar-refractivity contribution in [3.8, 4) is 11.5 Å². The van der Waals surface area contributed by atoms with Gasteiger partial charge in [-0.05, 0) is 49.7 Å². The van der Waals surface area contributed by atoms with Crippen LogP contribution in [0.5, 0.6) is 11.5 Å². The molecule has 0 unspecified atom stereocenters. The van der Waals surface area contributed by atoms with Gasteiger partial charge in [0.05, 0.1) is 14.2 Å². The maximum absolute atomic E-state index is 5.73. The number of nitrogens with one attached hydrogen (secondary N) is 2. The molecule has 1 fully saturated rings. The van der Waals surface area contributed by atoms with E-state index in [1.165, 1.54) is 36.2 Å². The molecule has 2 aromatic rings. The topological polar surface area (TPSA) is 50.1 Å². The Balaban J connectivity index is 1.35. The summed E-state index contributed by atoms with van der Waals surface area (Å²) in [6.07, 6.45) is 4.80. The molecule has 2 aliphatic heterocycles. The number of aryl methyl sites for hydroxylation is 2. The molecule has 3 heterocycles. The predicted molar refractivity (Wildman–Crippen MR) is 118 cm³/mol. The fourth-order valence-electron chi connectivity index (χ4n) is 4.71. The number of piperazine rings is 1. The van der Waals surface area contributed by atoms with E-state index in [2.05, 4.69) is 28.3 Å². The highest BCUT2D eigenvalue weighted by Crippen LogP contribution is 2.29. The molecule has 0 saturated carbocycles. The molecule has 2 aliphatic rings. The van der Waals surface area contributed by atoms with Crippen LogP contribution >= 0.6 is 12.2 Å². The molecular weight excluding hydrogens is 398 g/mol. The highest BCUT2D eigenvalue weighted by Gasteiger charge is 2.25. The van der Waals surface area contributed by atoms with Gasteiger partial charge in [-0.1, -0.05) is 6.42 Å². The lowest BCUT2D eigenvalue weighted by molar-refractivity contribution is -1.03. The van der Waals surface area contributed by atoms with Crippen LogP contribution in [-0.4, -0.2) is 54.7 Å². The van der Waals surface area contributed by atoms with Crippen LogP contribution in [0.2, 0.25) is 0 Å². The summed E-state index contributed by atoms with van der Waals surface area (Å²) >= 11 is 5.73. The van der Waals surface area contributed by atoms with Crippen molar-refractivity contribution in [2.45, 2.75) is 52.4 Å². The Morgan fingerprint density at radius 3 is 2.43 bits per heavy atom. The van der Waals surface area contributed by atoms with E-state index >= 15 is 0 Å². The number of aromatic nitrogens is 3. The van der Waals surface area contributed by atoms with E-state index < -0.39 is 0 Å². The summed E-state index contributed by atoms with van der Waals surface area (Å²) < 4.78 is 16.2. The van der Waals surface area contributed by atoms with E-state index in [9.17, 15) is 0 Å².